The number of esters is 1. The summed E-state index contributed by atoms with van der Waals surface area (Å²) in [5.41, 5.74) is 1.28. The van der Waals surface area contributed by atoms with Crippen LogP contribution in [0.5, 0.6) is 0 Å². The fourth-order valence-corrected chi connectivity index (χ4v) is 2.88. The Labute approximate surface area is 172 Å². The van der Waals surface area contributed by atoms with E-state index in [1.807, 2.05) is 0 Å². The molecule has 0 aliphatic rings. The molecule has 0 saturated carbocycles. The highest BCUT2D eigenvalue weighted by Gasteiger charge is 2.27. The van der Waals surface area contributed by atoms with Crippen LogP contribution in [0.15, 0.2) is 54.6 Å². The second kappa shape index (κ2) is 10.1. The molecular weight excluding hydrogens is 408 g/mol. The fraction of sp³-hybridized carbons (Fsp3) is 0.200. The molecule has 8 heteroatoms. The van der Waals surface area contributed by atoms with Gasteiger partial charge in [0.05, 0.1) is 6.61 Å². The van der Waals surface area contributed by atoms with Gasteiger partial charge < -0.3 is 9.47 Å². The zero-order valence-corrected chi connectivity index (χ0v) is 16.5. The molecule has 0 radical (unpaired) electrons. The van der Waals surface area contributed by atoms with Crippen molar-refractivity contribution in [2.24, 2.45) is 0 Å². The number of hydrogen-bond acceptors (Lipinski definition) is 4. The Morgan fingerprint density at radius 1 is 1.14 bits per heavy atom. The smallest absolute Gasteiger partial charge is 0.412 e. The zero-order valence-electron chi connectivity index (χ0n) is 15.0. The molecule has 1 unspecified atom stereocenters. The maximum absolute atomic E-state index is 13.1. The summed E-state index contributed by atoms with van der Waals surface area (Å²) in [7, 11) is 0. The van der Waals surface area contributed by atoms with Gasteiger partial charge in [0.1, 0.15) is 5.82 Å². The van der Waals surface area contributed by atoms with Crippen LogP contribution in [0.25, 0.3) is 0 Å². The third kappa shape index (κ3) is 6.55. The quantitative estimate of drug-likeness (QED) is 0.475. The minimum absolute atomic E-state index is 0.105. The predicted octanol–water partition coefficient (Wildman–Crippen LogP) is 5.41. The lowest BCUT2D eigenvalue weighted by atomic mass is 10.0. The normalized spacial score (nSPS) is 11.4. The minimum Gasteiger partial charge on any atom is -0.463 e. The largest absolute Gasteiger partial charge is 0.463 e. The molecule has 0 heterocycles. The van der Waals surface area contributed by atoms with Crippen LogP contribution in [0.3, 0.4) is 0 Å². The van der Waals surface area contributed by atoms with Crippen molar-refractivity contribution < 1.29 is 23.5 Å². The minimum atomic E-state index is -1.33. The van der Waals surface area contributed by atoms with Crippen LogP contribution in [0.1, 0.15) is 12.5 Å². The van der Waals surface area contributed by atoms with E-state index in [0.29, 0.717) is 21.3 Å². The average molecular weight is 426 g/mol. The number of halogens is 3. The topological polar surface area (TPSA) is 64.6 Å². The molecular formula is C20H18Cl2FNO4. The van der Waals surface area contributed by atoms with Crippen molar-refractivity contribution >= 4 is 41.0 Å². The summed E-state index contributed by atoms with van der Waals surface area (Å²) < 4.78 is 23.2. The van der Waals surface area contributed by atoms with E-state index >= 15 is 0 Å². The first-order valence-corrected chi connectivity index (χ1v) is 9.06. The van der Waals surface area contributed by atoms with E-state index in [4.69, 9.17) is 32.7 Å². The van der Waals surface area contributed by atoms with Gasteiger partial charge >= 0.3 is 12.1 Å². The molecule has 0 bridgehead atoms. The molecule has 1 N–H and O–H groups in total. The van der Waals surface area contributed by atoms with E-state index in [2.05, 4.69) is 11.9 Å². The first-order valence-electron chi connectivity index (χ1n) is 8.31. The van der Waals surface area contributed by atoms with E-state index in [-0.39, 0.29) is 24.4 Å². The monoisotopic (exact) mass is 425 g/mol. The van der Waals surface area contributed by atoms with Crippen molar-refractivity contribution in [3.05, 3.63) is 76.0 Å². The van der Waals surface area contributed by atoms with Gasteiger partial charge in [-0.15, -0.1) is 0 Å². The van der Waals surface area contributed by atoms with Gasteiger partial charge in [0.25, 0.3) is 0 Å². The number of carbonyl (C=O) groups is 2. The molecule has 0 aromatic heterocycles. The molecule has 0 spiro atoms. The standard InChI is InChI=1S/C20H18Cl2FNO4/c1-3-27-19(25)18(12(2)8-13-4-6-16(23)7-5-13)28-20(26)24-17-10-14(21)9-15(22)11-17/h4-7,9-11,18H,2-3,8H2,1H3,(H,24,26). The molecule has 0 aliphatic heterocycles. The summed E-state index contributed by atoms with van der Waals surface area (Å²) >= 11 is 11.8. The highest BCUT2D eigenvalue weighted by atomic mass is 35.5. The van der Waals surface area contributed by atoms with Crippen LogP contribution in [0, 0.1) is 5.82 Å². The lowest BCUT2D eigenvalue weighted by Crippen LogP contribution is -2.33. The summed E-state index contributed by atoms with van der Waals surface area (Å²) in [6.07, 6.45) is -2.05. The van der Waals surface area contributed by atoms with Crippen molar-refractivity contribution in [3.63, 3.8) is 0 Å². The summed E-state index contributed by atoms with van der Waals surface area (Å²) in [6, 6.07) is 10.1. The third-order valence-electron chi connectivity index (χ3n) is 3.55. The van der Waals surface area contributed by atoms with Gasteiger partial charge in [-0.2, -0.15) is 0 Å². The third-order valence-corrected chi connectivity index (χ3v) is 3.99. The second-order valence-corrected chi connectivity index (χ2v) is 6.65. The number of ether oxygens (including phenoxy) is 2. The molecule has 2 rings (SSSR count). The van der Waals surface area contributed by atoms with Gasteiger partial charge in [-0.05, 0) is 54.8 Å². The summed E-state index contributed by atoms with van der Waals surface area (Å²) in [5, 5.41) is 3.10. The van der Waals surface area contributed by atoms with Crippen molar-refractivity contribution in [2.75, 3.05) is 11.9 Å². The van der Waals surface area contributed by atoms with Gasteiger partial charge in [0, 0.05) is 15.7 Å². The van der Waals surface area contributed by atoms with Crippen LogP contribution >= 0.6 is 23.2 Å². The molecule has 2 aromatic rings. The highest BCUT2D eigenvalue weighted by Crippen LogP contribution is 2.23. The Kier molecular flexibility index (Phi) is 7.84. The fourth-order valence-electron chi connectivity index (χ4n) is 2.35. The lowest BCUT2D eigenvalue weighted by molar-refractivity contribution is -0.150. The van der Waals surface area contributed by atoms with Crippen LogP contribution < -0.4 is 5.32 Å². The lowest BCUT2D eigenvalue weighted by Gasteiger charge is -2.19. The molecule has 148 valence electrons. The van der Waals surface area contributed by atoms with Crippen LogP contribution in [0.4, 0.5) is 14.9 Å². The molecule has 5 nitrogen and oxygen atoms in total. The number of hydrogen-bond donors (Lipinski definition) is 1. The summed E-state index contributed by atoms with van der Waals surface area (Å²) in [4.78, 5) is 24.5. The van der Waals surface area contributed by atoms with Gasteiger partial charge in [-0.25, -0.2) is 14.0 Å². The number of carbonyl (C=O) groups excluding carboxylic acids is 2. The SMILES string of the molecule is C=C(Cc1ccc(F)cc1)C(OC(=O)Nc1cc(Cl)cc(Cl)c1)C(=O)OCC. The molecule has 0 aliphatic carbocycles. The Hall–Kier alpha value is -2.57. The van der Waals surface area contributed by atoms with Crippen molar-refractivity contribution in [2.45, 2.75) is 19.4 Å². The Morgan fingerprint density at radius 3 is 2.32 bits per heavy atom. The maximum atomic E-state index is 13.1. The number of amides is 1. The Bertz CT molecular complexity index is 851. The van der Waals surface area contributed by atoms with Crippen molar-refractivity contribution in [1.82, 2.24) is 0 Å². The molecule has 28 heavy (non-hydrogen) atoms. The molecule has 1 amide bonds. The van der Waals surface area contributed by atoms with Gasteiger partial charge in [0.2, 0.25) is 6.10 Å². The number of anilines is 1. The average Bonchev–Trinajstić information content (AvgIpc) is 2.60. The molecule has 0 fully saturated rings. The van der Waals surface area contributed by atoms with E-state index < -0.39 is 18.2 Å². The van der Waals surface area contributed by atoms with E-state index in [9.17, 15) is 14.0 Å². The number of nitrogens with one attached hydrogen (secondary N) is 1. The van der Waals surface area contributed by atoms with Gasteiger partial charge in [-0.1, -0.05) is 41.9 Å². The number of benzene rings is 2. The van der Waals surface area contributed by atoms with Crippen LogP contribution in [-0.2, 0) is 20.7 Å². The van der Waals surface area contributed by atoms with Crippen LogP contribution in [-0.4, -0.2) is 24.8 Å². The maximum Gasteiger partial charge on any atom is 0.412 e. The van der Waals surface area contributed by atoms with E-state index in [1.54, 1.807) is 19.1 Å². The number of rotatable bonds is 7. The molecule has 2 aromatic carbocycles. The van der Waals surface area contributed by atoms with E-state index in [0.717, 1.165) is 0 Å². The summed E-state index contributed by atoms with van der Waals surface area (Å²) in [5.74, 6) is -1.14. The Balaban J connectivity index is 2.10. The predicted molar refractivity (Wildman–Crippen MR) is 106 cm³/mol. The van der Waals surface area contributed by atoms with Crippen molar-refractivity contribution in [1.29, 1.82) is 0 Å². The van der Waals surface area contributed by atoms with Crippen molar-refractivity contribution in [3.8, 4) is 0 Å². The van der Waals surface area contributed by atoms with E-state index in [1.165, 1.54) is 30.3 Å². The first-order chi connectivity index (χ1) is 13.3. The first kappa shape index (κ1) is 21.7. The summed E-state index contributed by atoms with van der Waals surface area (Å²) in [6.45, 7) is 5.56. The Morgan fingerprint density at radius 2 is 1.75 bits per heavy atom. The highest BCUT2D eigenvalue weighted by molar-refractivity contribution is 6.35. The molecule has 1 atom stereocenters. The van der Waals surface area contributed by atoms with Crippen LogP contribution in [0.2, 0.25) is 10.0 Å². The zero-order chi connectivity index (χ0) is 20.7. The second-order valence-electron chi connectivity index (χ2n) is 5.78. The van der Waals surface area contributed by atoms with Gasteiger partial charge in [-0.3, -0.25) is 5.32 Å². The molecule has 0 saturated heterocycles. The van der Waals surface area contributed by atoms with Gasteiger partial charge in [0.15, 0.2) is 0 Å².